The van der Waals surface area contributed by atoms with E-state index >= 15 is 0 Å². The third-order valence-corrected chi connectivity index (χ3v) is 20.5. The number of aliphatic hydroxyl groups is 1. The molecule has 6 atom stereocenters. The van der Waals surface area contributed by atoms with Crippen LogP contribution in [0.25, 0.3) is 0 Å². The SMILES string of the molecule is CCCCCCCCCCCCCCCCCC(=O)OC[C@H](COP(=O)(O)OC[C@@H](O)COP(=O)(O)OC[C@@H](COC(=O)CCCCCCCCCCCCC)OC(=O)CCCCCCCCCCC(C)CC)OC(=O)CCCCCCCCCCCCCCCCCCC(C)C. The summed E-state index contributed by atoms with van der Waals surface area (Å²) in [5, 5.41) is 10.6. The Morgan fingerprint density at radius 3 is 0.784 bits per heavy atom. The molecule has 0 aliphatic heterocycles. The minimum Gasteiger partial charge on any atom is -0.462 e. The van der Waals surface area contributed by atoms with Crippen LogP contribution in [0, 0.1) is 11.8 Å². The maximum absolute atomic E-state index is 13.1. The molecule has 0 bridgehead atoms. The maximum atomic E-state index is 13.1. The van der Waals surface area contributed by atoms with Crippen molar-refractivity contribution in [1.82, 2.24) is 0 Å². The molecule has 3 N–H and O–H groups in total. The first-order valence-corrected chi connectivity index (χ1v) is 43.5. The molecule has 0 rings (SSSR count). The van der Waals surface area contributed by atoms with E-state index in [9.17, 15) is 43.2 Å². The van der Waals surface area contributed by atoms with Crippen molar-refractivity contribution in [1.29, 1.82) is 0 Å². The van der Waals surface area contributed by atoms with Crippen LogP contribution in [0.2, 0.25) is 0 Å². The molecule has 576 valence electrons. The summed E-state index contributed by atoms with van der Waals surface area (Å²) in [7, 11) is -9.91. The Balaban J connectivity index is 5.24. The number of unbranched alkanes of at least 4 members (excludes halogenated alkanes) is 46. The molecule has 97 heavy (non-hydrogen) atoms. The summed E-state index contributed by atoms with van der Waals surface area (Å²) in [6, 6.07) is 0. The van der Waals surface area contributed by atoms with E-state index in [1.54, 1.807) is 0 Å². The summed E-state index contributed by atoms with van der Waals surface area (Å²) >= 11 is 0. The normalized spacial score (nSPS) is 14.2. The quantitative estimate of drug-likeness (QED) is 0.0222. The molecule has 0 fully saturated rings. The van der Waals surface area contributed by atoms with E-state index in [0.717, 1.165) is 102 Å². The van der Waals surface area contributed by atoms with E-state index in [4.69, 9.17) is 37.0 Å². The summed E-state index contributed by atoms with van der Waals surface area (Å²) in [6.45, 7) is 9.64. The molecule has 0 aliphatic rings. The molecule has 0 spiro atoms. The van der Waals surface area contributed by atoms with E-state index in [0.29, 0.717) is 25.7 Å². The molecule has 0 aromatic heterocycles. The van der Waals surface area contributed by atoms with Crippen LogP contribution in [0.1, 0.15) is 408 Å². The molecule has 0 saturated heterocycles. The van der Waals surface area contributed by atoms with Crippen LogP contribution < -0.4 is 0 Å². The van der Waals surface area contributed by atoms with E-state index in [2.05, 4.69) is 41.5 Å². The number of carbonyl (C=O) groups is 4. The predicted molar refractivity (Wildman–Crippen MR) is 395 cm³/mol. The van der Waals surface area contributed by atoms with Gasteiger partial charge < -0.3 is 33.8 Å². The number of aliphatic hydroxyl groups excluding tert-OH is 1. The zero-order valence-electron chi connectivity index (χ0n) is 63.4. The van der Waals surface area contributed by atoms with Gasteiger partial charge in [0.2, 0.25) is 0 Å². The molecular weight excluding hydrogens is 1270 g/mol. The number of hydrogen-bond acceptors (Lipinski definition) is 15. The lowest BCUT2D eigenvalue weighted by molar-refractivity contribution is -0.161. The topological polar surface area (TPSA) is 237 Å². The Labute approximate surface area is 594 Å². The van der Waals surface area contributed by atoms with E-state index in [1.165, 1.54) is 225 Å². The van der Waals surface area contributed by atoms with Gasteiger partial charge in [-0.25, -0.2) is 9.13 Å². The van der Waals surface area contributed by atoms with Gasteiger partial charge in [0.1, 0.15) is 19.3 Å². The molecule has 0 aliphatic carbocycles. The minimum absolute atomic E-state index is 0.105. The number of esters is 4. The van der Waals surface area contributed by atoms with Gasteiger partial charge in [-0.3, -0.25) is 37.3 Å². The van der Waals surface area contributed by atoms with Gasteiger partial charge in [-0.2, -0.15) is 0 Å². The van der Waals surface area contributed by atoms with Crippen LogP contribution in [-0.4, -0.2) is 96.7 Å². The van der Waals surface area contributed by atoms with Crippen molar-refractivity contribution in [2.75, 3.05) is 39.6 Å². The Hall–Kier alpha value is -1.94. The van der Waals surface area contributed by atoms with Crippen LogP contribution in [0.15, 0.2) is 0 Å². The number of phosphoric ester groups is 2. The Kier molecular flexibility index (Phi) is 68.4. The first-order valence-electron chi connectivity index (χ1n) is 40.5. The van der Waals surface area contributed by atoms with E-state index in [-0.39, 0.29) is 25.7 Å². The standard InChI is InChI=1S/C78H152O17P2/c1-7-10-12-14-16-18-20-21-24-28-32-36-43-49-55-61-76(81)89-66-73(94-77(82)62-56-50-44-37-33-29-26-23-22-25-27-31-34-40-46-52-58-70(4)5)68-92-96(84,85)90-64-72(79)65-91-97(86,87)93-69-74(67-88-75(80)60-54-48-42-35-30-19-17-15-13-11-8-2)95-78(83)63-57-51-45-39-38-41-47-53-59-71(6)9-3/h70-74,79H,7-69H2,1-6H3,(H,84,85)(H,86,87)/t71?,72-,73-,74-/m1/s1. The zero-order valence-corrected chi connectivity index (χ0v) is 65.2. The number of phosphoric acid groups is 2. The molecule has 0 heterocycles. The molecule has 0 amide bonds. The lowest BCUT2D eigenvalue weighted by atomic mass is 9.99. The average Bonchev–Trinajstić information content (AvgIpc) is 1.24. The van der Waals surface area contributed by atoms with Gasteiger partial charge in [0.15, 0.2) is 12.2 Å². The molecule has 3 unspecified atom stereocenters. The van der Waals surface area contributed by atoms with Gasteiger partial charge in [-0.1, -0.05) is 356 Å². The van der Waals surface area contributed by atoms with Crippen LogP contribution in [0.3, 0.4) is 0 Å². The summed E-state index contributed by atoms with van der Waals surface area (Å²) in [4.78, 5) is 72.9. The van der Waals surface area contributed by atoms with Crippen molar-refractivity contribution < 1.29 is 80.2 Å². The third kappa shape index (κ3) is 70.9. The second-order valence-electron chi connectivity index (χ2n) is 28.8. The molecule has 0 saturated carbocycles. The highest BCUT2D eigenvalue weighted by molar-refractivity contribution is 7.47. The second-order valence-corrected chi connectivity index (χ2v) is 31.7. The Morgan fingerprint density at radius 1 is 0.299 bits per heavy atom. The smallest absolute Gasteiger partial charge is 0.462 e. The fourth-order valence-corrected chi connectivity index (χ4v) is 13.6. The summed E-state index contributed by atoms with van der Waals surface area (Å²) in [5.74, 6) is -0.533. The van der Waals surface area contributed by atoms with Gasteiger partial charge in [-0.05, 0) is 37.5 Å². The van der Waals surface area contributed by atoms with Crippen LogP contribution in [0.5, 0.6) is 0 Å². The number of hydrogen-bond donors (Lipinski definition) is 3. The van der Waals surface area contributed by atoms with Gasteiger partial charge in [0.25, 0.3) is 0 Å². The van der Waals surface area contributed by atoms with Crippen molar-refractivity contribution in [2.45, 2.75) is 426 Å². The monoisotopic (exact) mass is 1420 g/mol. The zero-order chi connectivity index (χ0) is 71.4. The highest BCUT2D eigenvalue weighted by atomic mass is 31.2. The second kappa shape index (κ2) is 69.8. The summed E-state index contributed by atoms with van der Waals surface area (Å²) in [5.41, 5.74) is 0. The summed E-state index contributed by atoms with van der Waals surface area (Å²) < 4.78 is 68.6. The number of ether oxygens (including phenoxy) is 4. The minimum atomic E-state index is -4.96. The molecule has 0 aromatic rings. The predicted octanol–water partition coefficient (Wildman–Crippen LogP) is 23.1. The number of carbonyl (C=O) groups excluding carboxylic acids is 4. The van der Waals surface area contributed by atoms with Crippen molar-refractivity contribution in [3.63, 3.8) is 0 Å². The molecule has 19 heteroatoms. The third-order valence-electron chi connectivity index (χ3n) is 18.6. The molecule has 17 nitrogen and oxygen atoms in total. The van der Waals surface area contributed by atoms with Crippen molar-refractivity contribution >= 4 is 39.5 Å². The van der Waals surface area contributed by atoms with Crippen LogP contribution in [0.4, 0.5) is 0 Å². The summed E-state index contributed by atoms with van der Waals surface area (Å²) in [6.07, 6.45) is 58.1. The molecular formula is C78H152O17P2. The lowest BCUT2D eigenvalue weighted by Gasteiger charge is -2.21. The molecule has 0 radical (unpaired) electrons. The number of rotatable bonds is 77. The van der Waals surface area contributed by atoms with E-state index < -0.39 is 97.5 Å². The van der Waals surface area contributed by atoms with Crippen molar-refractivity contribution in [3.05, 3.63) is 0 Å². The fourth-order valence-electron chi connectivity index (χ4n) is 12.0. The maximum Gasteiger partial charge on any atom is 0.472 e. The Bertz CT molecular complexity index is 1870. The highest BCUT2D eigenvalue weighted by Crippen LogP contribution is 2.45. The van der Waals surface area contributed by atoms with Gasteiger partial charge >= 0.3 is 39.5 Å². The van der Waals surface area contributed by atoms with Gasteiger partial charge in [-0.15, -0.1) is 0 Å². The first-order chi connectivity index (χ1) is 46.9. The van der Waals surface area contributed by atoms with Gasteiger partial charge in [0.05, 0.1) is 26.4 Å². The average molecular weight is 1420 g/mol. The van der Waals surface area contributed by atoms with E-state index in [1.807, 2.05) is 0 Å². The fraction of sp³-hybridized carbons (Fsp3) is 0.949. The van der Waals surface area contributed by atoms with Crippen LogP contribution >= 0.6 is 15.6 Å². The largest absolute Gasteiger partial charge is 0.472 e. The first kappa shape index (κ1) is 95.1. The molecule has 0 aromatic carbocycles. The Morgan fingerprint density at radius 2 is 0.526 bits per heavy atom. The van der Waals surface area contributed by atoms with Gasteiger partial charge in [0, 0.05) is 25.7 Å². The lowest BCUT2D eigenvalue weighted by Crippen LogP contribution is -2.30. The van der Waals surface area contributed by atoms with Crippen molar-refractivity contribution in [3.8, 4) is 0 Å². The van der Waals surface area contributed by atoms with Crippen molar-refractivity contribution in [2.24, 2.45) is 11.8 Å². The van der Waals surface area contributed by atoms with Crippen LogP contribution in [-0.2, 0) is 65.4 Å². The highest BCUT2D eigenvalue weighted by Gasteiger charge is 2.30.